The molecule has 2 aliphatic heterocycles. The number of halogens is 1. The molecule has 1 saturated carbocycles. The Morgan fingerprint density at radius 2 is 2.00 bits per heavy atom. The van der Waals surface area contributed by atoms with Crippen molar-refractivity contribution in [1.82, 2.24) is 19.7 Å². The number of anilines is 2. The number of hydrogen-bond acceptors (Lipinski definition) is 8. The monoisotopic (exact) mass is 729 g/mol. The number of fused-ring (bicyclic) bond motifs is 5. The second-order valence-corrected chi connectivity index (χ2v) is 17.7. The molecule has 268 valence electrons. The highest BCUT2D eigenvalue weighted by molar-refractivity contribution is 7.95. The van der Waals surface area contributed by atoms with E-state index in [9.17, 15) is 9.90 Å². The zero-order valence-corrected chi connectivity index (χ0v) is 30.7. The molecule has 13 heteroatoms. The van der Waals surface area contributed by atoms with E-state index >= 15 is 4.21 Å². The molecule has 2 aromatic heterocycles. The molecule has 7 atom stereocenters. The van der Waals surface area contributed by atoms with Gasteiger partial charge in [0.2, 0.25) is 0 Å². The van der Waals surface area contributed by atoms with Crippen LogP contribution < -0.4 is 14.4 Å². The molecule has 0 radical (unpaired) electrons. The maximum atomic E-state index is 15.0. The van der Waals surface area contributed by atoms with Crippen molar-refractivity contribution >= 4 is 50.0 Å². The summed E-state index contributed by atoms with van der Waals surface area (Å²) in [5, 5.41) is 16.5. The summed E-state index contributed by atoms with van der Waals surface area (Å²) in [7, 11) is -1.68. The number of carbonyl (C=O) groups excluding carboxylic acids is 1. The third-order valence-electron chi connectivity index (χ3n) is 11.7. The van der Waals surface area contributed by atoms with Crippen LogP contribution in [0.3, 0.4) is 0 Å². The predicted octanol–water partition coefficient (Wildman–Crippen LogP) is 6.50. The van der Waals surface area contributed by atoms with E-state index in [2.05, 4.69) is 41.2 Å². The number of amides is 1. The van der Waals surface area contributed by atoms with E-state index in [0.717, 1.165) is 42.8 Å². The molecule has 8 rings (SSSR count). The van der Waals surface area contributed by atoms with Gasteiger partial charge in [-0.25, -0.2) is 14.2 Å². The lowest BCUT2D eigenvalue weighted by molar-refractivity contribution is 0.0456. The predicted molar refractivity (Wildman–Crippen MR) is 200 cm³/mol. The Labute approximate surface area is 303 Å². The summed E-state index contributed by atoms with van der Waals surface area (Å²) in [5.41, 5.74) is 3.83. The molecule has 4 aliphatic rings. The minimum absolute atomic E-state index is 0.119. The van der Waals surface area contributed by atoms with Gasteiger partial charge in [-0.05, 0) is 105 Å². The van der Waals surface area contributed by atoms with Gasteiger partial charge in [-0.15, -0.1) is 4.36 Å². The summed E-state index contributed by atoms with van der Waals surface area (Å²) in [5.74, 6) is 0.653. The van der Waals surface area contributed by atoms with E-state index in [0.29, 0.717) is 54.3 Å². The average molecular weight is 730 g/mol. The Morgan fingerprint density at radius 1 is 1.14 bits per heavy atom. The van der Waals surface area contributed by atoms with E-state index in [1.54, 1.807) is 24.0 Å². The molecule has 4 heterocycles. The summed E-state index contributed by atoms with van der Waals surface area (Å²) in [6, 6.07) is 11.6. The standard InChI is InChI=1S/C38H44ClN7O4S/c1-23-6-4-8-33(47)29-12-9-27(29)18-46-20-38(15-5-7-25-16-28(39)11-13-31(25)38)21-50-34-14-10-26(17-32(34)46)37(48)44-51(49,24(23)2)43-36-30-19-45(3)42-35(30)40-22-41-36/h4,8,10-11,13-14,16-17,19,22-24,27,29,33,47H,5-7,9,12,15,18,20-21H2,1-3H3,(H,40,41,42,43,44,48,49)/b8-4+. The maximum absolute atomic E-state index is 15.0. The summed E-state index contributed by atoms with van der Waals surface area (Å²) < 4.78 is 30.9. The van der Waals surface area contributed by atoms with Crippen LogP contribution in [0.1, 0.15) is 67.4 Å². The highest BCUT2D eigenvalue weighted by atomic mass is 35.5. The Hall–Kier alpha value is -4.00. The van der Waals surface area contributed by atoms with Crippen LogP contribution in [0.5, 0.6) is 5.75 Å². The second kappa shape index (κ2) is 13.2. The first-order chi connectivity index (χ1) is 24.5. The molecule has 1 fully saturated rings. The maximum Gasteiger partial charge on any atom is 0.286 e. The van der Waals surface area contributed by atoms with E-state index < -0.39 is 27.2 Å². The largest absolute Gasteiger partial charge is 0.490 e. The highest BCUT2D eigenvalue weighted by Gasteiger charge is 2.44. The van der Waals surface area contributed by atoms with Crippen LogP contribution in [0.4, 0.5) is 11.5 Å². The minimum Gasteiger partial charge on any atom is -0.490 e. The molecule has 2 bridgehead atoms. The van der Waals surface area contributed by atoms with Crippen molar-refractivity contribution in [1.29, 1.82) is 0 Å². The smallest absolute Gasteiger partial charge is 0.286 e. The summed E-state index contributed by atoms with van der Waals surface area (Å²) >= 11 is 6.45. The summed E-state index contributed by atoms with van der Waals surface area (Å²) in [6.45, 7) is 5.74. The normalized spacial score (nSPS) is 31.4. The van der Waals surface area contributed by atoms with Crippen molar-refractivity contribution in [3.63, 3.8) is 0 Å². The molecular formula is C38H44ClN7O4S. The van der Waals surface area contributed by atoms with Gasteiger partial charge in [0.15, 0.2) is 11.5 Å². The SMILES string of the molecule is CC1C/C=C/C(O)C2CCC2CN2CC3(CCCc4cc(Cl)ccc43)COc3ccc(cc32)C(=O)N=S(=O)(Nc2ncnc3nn(C)cc23)C1C. The van der Waals surface area contributed by atoms with Gasteiger partial charge in [0.1, 0.15) is 22.0 Å². The number of aromatic nitrogens is 4. The Bertz CT molecular complexity index is 2160. The third kappa shape index (κ3) is 6.29. The first-order valence-corrected chi connectivity index (χ1v) is 19.9. The van der Waals surface area contributed by atoms with Crippen LogP contribution in [-0.4, -0.2) is 66.0 Å². The molecular weight excluding hydrogens is 686 g/mol. The molecule has 4 aromatic rings. The number of aryl methyl sites for hydroxylation is 2. The van der Waals surface area contributed by atoms with E-state index in [1.807, 2.05) is 44.2 Å². The van der Waals surface area contributed by atoms with Gasteiger partial charge in [0, 0.05) is 42.3 Å². The second-order valence-electron chi connectivity index (χ2n) is 15.0. The van der Waals surface area contributed by atoms with Crippen LogP contribution >= 0.6 is 11.6 Å². The number of nitrogens with one attached hydrogen (secondary N) is 1. The molecule has 2 aromatic carbocycles. The fourth-order valence-electron chi connectivity index (χ4n) is 8.43. The number of allylic oxidation sites excluding steroid dienone is 1. The Morgan fingerprint density at radius 3 is 2.82 bits per heavy atom. The van der Waals surface area contributed by atoms with Crippen molar-refractivity contribution in [2.75, 3.05) is 29.3 Å². The number of aliphatic hydroxyl groups excluding tert-OH is 1. The molecule has 1 spiro atoms. The van der Waals surface area contributed by atoms with Crippen LogP contribution in [0.15, 0.2) is 65.4 Å². The number of hydrogen-bond donors (Lipinski definition) is 2. The van der Waals surface area contributed by atoms with Gasteiger partial charge in [0.05, 0.1) is 29.0 Å². The Kier molecular flexibility index (Phi) is 8.83. The number of nitrogens with zero attached hydrogens (tertiary/aromatic N) is 6. The first-order valence-electron chi connectivity index (χ1n) is 17.9. The molecule has 7 unspecified atom stereocenters. The molecule has 2 N–H and O–H groups in total. The lowest BCUT2D eigenvalue weighted by atomic mass is 9.68. The lowest BCUT2D eigenvalue weighted by Crippen LogP contribution is -2.49. The van der Waals surface area contributed by atoms with Crippen molar-refractivity contribution < 1.29 is 18.8 Å². The van der Waals surface area contributed by atoms with Gasteiger partial charge < -0.3 is 14.7 Å². The average Bonchev–Trinajstić information content (AvgIpc) is 3.41. The van der Waals surface area contributed by atoms with Crippen LogP contribution in [0.2, 0.25) is 5.02 Å². The lowest BCUT2D eigenvalue weighted by Gasteiger charge is -2.45. The minimum atomic E-state index is -3.46. The summed E-state index contributed by atoms with van der Waals surface area (Å²) in [4.78, 5) is 25.2. The van der Waals surface area contributed by atoms with Gasteiger partial charge in [0.25, 0.3) is 5.91 Å². The highest BCUT2D eigenvalue weighted by Crippen LogP contribution is 2.47. The fourth-order valence-corrected chi connectivity index (χ4v) is 10.6. The van der Waals surface area contributed by atoms with Gasteiger partial charge >= 0.3 is 0 Å². The zero-order valence-electron chi connectivity index (χ0n) is 29.2. The number of ether oxygens (including phenoxy) is 1. The van der Waals surface area contributed by atoms with Gasteiger partial charge in [-0.3, -0.25) is 14.2 Å². The number of benzene rings is 2. The van der Waals surface area contributed by atoms with Crippen LogP contribution in [-0.2, 0) is 28.8 Å². The zero-order chi connectivity index (χ0) is 35.5. The van der Waals surface area contributed by atoms with Crippen molar-refractivity contribution in [3.05, 3.63) is 82.8 Å². The van der Waals surface area contributed by atoms with Crippen molar-refractivity contribution in [3.8, 4) is 5.75 Å². The third-order valence-corrected chi connectivity index (χ3v) is 14.3. The first kappa shape index (κ1) is 34.1. The number of aliphatic hydroxyl groups is 1. The Balaban J connectivity index is 1.24. The number of rotatable bonds is 2. The van der Waals surface area contributed by atoms with Crippen molar-refractivity contribution in [2.45, 2.75) is 69.1 Å². The fraction of sp³-hybridized carbons (Fsp3) is 0.474. The quantitative estimate of drug-likeness (QED) is 0.224. The molecule has 0 saturated heterocycles. The molecule has 1 amide bonds. The summed E-state index contributed by atoms with van der Waals surface area (Å²) in [6.07, 6.45) is 11.9. The van der Waals surface area contributed by atoms with Crippen LogP contribution in [0.25, 0.3) is 11.0 Å². The van der Waals surface area contributed by atoms with Gasteiger partial charge in [-0.1, -0.05) is 36.7 Å². The van der Waals surface area contributed by atoms with E-state index in [4.69, 9.17) is 16.3 Å². The van der Waals surface area contributed by atoms with E-state index in [-0.39, 0.29) is 23.2 Å². The molecule has 11 nitrogen and oxygen atoms in total. The van der Waals surface area contributed by atoms with E-state index in [1.165, 1.54) is 17.5 Å². The van der Waals surface area contributed by atoms with Crippen LogP contribution in [0, 0.1) is 17.8 Å². The topological polar surface area (TPSA) is 135 Å². The molecule has 51 heavy (non-hydrogen) atoms. The number of carbonyl (C=O) groups is 1. The molecule has 2 aliphatic carbocycles. The van der Waals surface area contributed by atoms with Gasteiger partial charge in [-0.2, -0.15) is 5.10 Å². The van der Waals surface area contributed by atoms with Crippen molar-refractivity contribution in [2.24, 2.45) is 29.2 Å².